The lowest BCUT2D eigenvalue weighted by atomic mass is 10.3. The highest BCUT2D eigenvalue weighted by Crippen LogP contribution is 2.01. The van der Waals surface area contributed by atoms with Crippen LogP contribution in [-0.4, -0.2) is 0 Å². The van der Waals surface area contributed by atoms with Gasteiger partial charge in [-0.05, 0) is 12.1 Å². The summed E-state index contributed by atoms with van der Waals surface area (Å²) in [6, 6.07) is 7.83. The summed E-state index contributed by atoms with van der Waals surface area (Å²) in [5.74, 6) is 0. The normalized spacial score (nSPS) is 14.2. The monoisotopic (exact) mass is 162 g/mol. The first-order chi connectivity index (χ1) is 5.47. The first-order valence-electron chi connectivity index (χ1n) is 3.28. The summed E-state index contributed by atoms with van der Waals surface area (Å²) in [5.41, 5.74) is 0. The van der Waals surface area contributed by atoms with Gasteiger partial charge in [0, 0.05) is 23.6 Å². The van der Waals surface area contributed by atoms with Crippen LogP contribution in [-0.2, 0) is 0 Å². The fourth-order valence-electron chi connectivity index (χ4n) is 0.876. The molecule has 2 nitrogen and oxygen atoms in total. The van der Waals surface area contributed by atoms with Crippen molar-refractivity contribution in [3.63, 3.8) is 0 Å². The van der Waals surface area contributed by atoms with Crippen LogP contribution in [0.15, 0.2) is 45.3 Å². The molecule has 0 N–H and O–H groups in total. The van der Waals surface area contributed by atoms with E-state index in [1.807, 2.05) is 29.7 Å². The van der Waals surface area contributed by atoms with Gasteiger partial charge in [0.05, 0.1) is 10.7 Å². The summed E-state index contributed by atoms with van der Waals surface area (Å²) in [6.07, 6.45) is 1.76. The van der Waals surface area contributed by atoms with Gasteiger partial charge in [0.2, 0.25) is 0 Å². The molecule has 2 rings (SSSR count). The Balaban J connectivity index is 2.81. The third kappa shape index (κ3) is 1.33. The van der Waals surface area contributed by atoms with Crippen molar-refractivity contribution in [3.05, 3.63) is 46.6 Å². The Morgan fingerprint density at radius 3 is 2.82 bits per heavy atom. The van der Waals surface area contributed by atoms with Gasteiger partial charge < -0.3 is 0 Å². The summed E-state index contributed by atoms with van der Waals surface area (Å²) in [7, 11) is 0. The summed E-state index contributed by atoms with van der Waals surface area (Å²) in [4.78, 5) is 4.19. The van der Waals surface area contributed by atoms with E-state index in [4.69, 9.17) is 0 Å². The Morgan fingerprint density at radius 2 is 1.91 bits per heavy atom. The molecule has 0 saturated carbocycles. The predicted octanol–water partition coefficient (Wildman–Crippen LogP) is 1.06. The minimum absolute atomic E-state index is 0.939. The highest BCUT2D eigenvalue weighted by atomic mass is 32.2. The lowest BCUT2D eigenvalue weighted by molar-refractivity contribution is 1.27. The Bertz CT molecular complexity index is 395. The smallest absolute Gasteiger partial charge is 0.0973 e. The standard InChI is InChI=1S/C8H6N2S/c1-2-4-8-7(3-1)9-5-6-11-10-8/h1-6H. The maximum Gasteiger partial charge on any atom is 0.0973 e. The topological polar surface area (TPSA) is 24.7 Å². The van der Waals surface area contributed by atoms with Gasteiger partial charge in [0.25, 0.3) is 0 Å². The second kappa shape index (κ2) is 2.88. The van der Waals surface area contributed by atoms with Gasteiger partial charge >= 0.3 is 0 Å². The van der Waals surface area contributed by atoms with Crippen molar-refractivity contribution < 1.29 is 0 Å². The molecular formula is C8H6N2S. The van der Waals surface area contributed by atoms with E-state index in [2.05, 4.69) is 9.39 Å². The van der Waals surface area contributed by atoms with Gasteiger partial charge in [-0.15, -0.1) is 0 Å². The molecule has 0 atom stereocenters. The SMILES string of the molecule is C1=CSN=c2ccccc2=N1. The van der Waals surface area contributed by atoms with Crippen LogP contribution in [0.3, 0.4) is 0 Å². The van der Waals surface area contributed by atoms with Crippen LogP contribution in [0, 0.1) is 0 Å². The highest BCUT2D eigenvalue weighted by molar-refractivity contribution is 8.00. The Kier molecular flexibility index (Phi) is 1.73. The van der Waals surface area contributed by atoms with E-state index in [0.29, 0.717) is 0 Å². The van der Waals surface area contributed by atoms with E-state index in [-0.39, 0.29) is 0 Å². The molecule has 11 heavy (non-hydrogen) atoms. The zero-order valence-corrected chi connectivity index (χ0v) is 6.58. The van der Waals surface area contributed by atoms with Crippen molar-refractivity contribution in [2.75, 3.05) is 0 Å². The number of hydrogen-bond donors (Lipinski definition) is 0. The zero-order chi connectivity index (χ0) is 7.52. The molecule has 0 saturated heterocycles. The molecule has 0 aliphatic carbocycles. The first kappa shape index (κ1) is 6.61. The molecule has 0 spiro atoms. The summed E-state index contributed by atoms with van der Waals surface area (Å²) < 4.78 is 4.22. The molecule has 0 fully saturated rings. The molecule has 0 unspecified atom stereocenters. The van der Waals surface area contributed by atoms with Crippen molar-refractivity contribution in [3.8, 4) is 0 Å². The van der Waals surface area contributed by atoms with Crippen LogP contribution < -0.4 is 10.7 Å². The number of para-hydroxylation sites is 1. The fourth-order valence-corrected chi connectivity index (χ4v) is 1.32. The molecule has 1 heterocycles. The molecule has 1 aliphatic rings. The zero-order valence-electron chi connectivity index (χ0n) is 5.77. The molecule has 1 aromatic rings. The van der Waals surface area contributed by atoms with E-state index in [1.165, 1.54) is 11.9 Å². The molecule has 0 amide bonds. The quantitative estimate of drug-likeness (QED) is 0.523. The number of fused-ring (bicyclic) bond motifs is 1. The highest BCUT2D eigenvalue weighted by Gasteiger charge is 1.87. The Labute approximate surface area is 68.5 Å². The first-order valence-corrected chi connectivity index (χ1v) is 4.12. The third-order valence-electron chi connectivity index (χ3n) is 1.37. The second-order valence-corrected chi connectivity index (χ2v) is 2.77. The summed E-state index contributed by atoms with van der Waals surface area (Å²) in [5, 5.41) is 3.75. The van der Waals surface area contributed by atoms with Gasteiger partial charge in [-0.2, -0.15) is 0 Å². The average Bonchev–Trinajstić information content (AvgIpc) is 2.28. The maximum absolute atomic E-state index is 4.22. The molecule has 1 aromatic carbocycles. The van der Waals surface area contributed by atoms with Crippen LogP contribution in [0.4, 0.5) is 0 Å². The van der Waals surface area contributed by atoms with Crippen LogP contribution >= 0.6 is 11.9 Å². The molecule has 3 heteroatoms. The van der Waals surface area contributed by atoms with Gasteiger partial charge in [-0.25, -0.2) is 4.40 Å². The van der Waals surface area contributed by atoms with Gasteiger partial charge in [-0.3, -0.25) is 4.99 Å². The summed E-state index contributed by atoms with van der Waals surface area (Å²) >= 11 is 1.41. The molecule has 54 valence electrons. The fraction of sp³-hybridized carbons (Fsp3) is 0. The van der Waals surface area contributed by atoms with Crippen molar-refractivity contribution in [1.82, 2.24) is 0 Å². The number of nitrogens with zero attached hydrogens (tertiary/aromatic N) is 2. The number of rotatable bonds is 0. The second-order valence-electron chi connectivity index (χ2n) is 2.10. The predicted molar refractivity (Wildman–Crippen MR) is 45.5 cm³/mol. The molecule has 1 aliphatic heterocycles. The van der Waals surface area contributed by atoms with Crippen LogP contribution in [0.5, 0.6) is 0 Å². The lowest BCUT2D eigenvalue weighted by Gasteiger charge is -1.82. The minimum atomic E-state index is 0.939. The lowest BCUT2D eigenvalue weighted by Crippen LogP contribution is -2.22. The molecular weight excluding hydrogens is 156 g/mol. The third-order valence-corrected chi connectivity index (χ3v) is 1.91. The van der Waals surface area contributed by atoms with E-state index in [9.17, 15) is 0 Å². The van der Waals surface area contributed by atoms with Crippen LogP contribution in [0.25, 0.3) is 0 Å². The van der Waals surface area contributed by atoms with Crippen molar-refractivity contribution >= 4 is 11.9 Å². The molecule has 0 aromatic heterocycles. The van der Waals surface area contributed by atoms with E-state index < -0.39 is 0 Å². The van der Waals surface area contributed by atoms with Crippen molar-refractivity contribution in [1.29, 1.82) is 0 Å². The van der Waals surface area contributed by atoms with E-state index >= 15 is 0 Å². The van der Waals surface area contributed by atoms with Crippen molar-refractivity contribution in [2.24, 2.45) is 9.39 Å². The van der Waals surface area contributed by atoms with Gasteiger partial charge in [0.1, 0.15) is 0 Å². The molecule has 0 bridgehead atoms. The van der Waals surface area contributed by atoms with Crippen LogP contribution in [0.2, 0.25) is 0 Å². The van der Waals surface area contributed by atoms with E-state index in [1.54, 1.807) is 6.20 Å². The summed E-state index contributed by atoms with van der Waals surface area (Å²) in [6.45, 7) is 0. The number of benzene rings is 1. The largest absolute Gasteiger partial charge is 0.254 e. The van der Waals surface area contributed by atoms with Gasteiger partial charge in [-0.1, -0.05) is 12.1 Å². The Hall–Kier alpha value is -1.09. The Morgan fingerprint density at radius 1 is 1.09 bits per heavy atom. The maximum atomic E-state index is 4.22. The minimum Gasteiger partial charge on any atom is -0.254 e. The van der Waals surface area contributed by atoms with Crippen molar-refractivity contribution in [2.45, 2.75) is 0 Å². The van der Waals surface area contributed by atoms with Crippen LogP contribution in [0.1, 0.15) is 0 Å². The number of hydrogen-bond acceptors (Lipinski definition) is 3. The molecule has 0 radical (unpaired) electrons. The van der Waals surface area contributed by atoms with E-state index in [0.717, 1.165) is 10.7 Å². The average molecular weight is 162 g/mol. The van der Waals surface area contributed by atoms with Gasteiger partial charge in [0.15, 0.2) is 0 Å².